The number of thiazole rings is 1. The number of rotatable bonds is 5. The summed E-state index contributed by atoms with van der Waals surface area (Å²) in [7, 11) is 0. The molecular weight excluding hydrogens is 380 g/mol. The molecule has 0 spiro atoms. The molecule has 6 rings (SSSR count). The molecule has 5 nitrogen and oxygen atoms in total. The molecule has 1 amide bonds. The molecule has 3 aliphatic rings. The molecule has 3 aromatic rings. The highest BCUT2D eigenvalue weighted by molar-refractivity contribution is 7.14. The van der Waals surface area contributed by atoms with Crippen molar-refractivity contribution >= 4 is 39.4 Å². The molecule has 0 unspecified atom stereocenters. The van der Waals surface area contributed by atoms with Gasteiger partial charge in [-0.2, -0.15) is 0 Å². The maximum Gasteiger partial charge on any atom is 0.232 e. The van der Waals surface area contributed by atoms with Crippen LogP contribution in [0.15, 0.2) is 53.9 Å². The molecule has 3 saturated carbocycles. The van der Waals surface area contributed by atoms with Gasteiger partial charge in [0.05, 0.1) is 17.7 Å². The van der Waals surface area contributed by atoms with Gasteiger partial charge in [-0.05, 0) is 48.9 Å². The second kappa shape index (κ2) is 6.43. The monoisotopic (exact) mass is 400 g/mol. The Balaban J connectivity index is 1.28. The summed E-state index contributed by atoms with van der Waals surface area (Å²) in [5.41, 5.74) is 4.60. The molecule has 2 aromatic carbocycles. The van der Waals surface area contributed by atoms with Crippen molar-refractivity contribution in [1.82, 2.24) is 4.98 Å². The van der Waals surface area contributed by atoms with Crippen LogP contribution >= 0.6 is 11.3 Å². The van der Waals surface area contributed by atoms with Crippen LogP contribution in [0.5, 0.6) is 0 Å². The van der Waals surface area contributed by atoms with E-state index < -0.39 is 0 Å². The zero-order valence-corrected chi connectivity index (χ0v) is 16.8. The van der Waals surface area contributed by atoms with Gasteiger partial charge >= 0.3 is 0 Å². The van der Waals surface area contributed by atoms with E-state index in [4.69, 9.17) is 6.57 Å². The smallest absolute Gasteiger partial charge is 0.232 e. The van der Waals surface area contributed by atoms with Gasteiger partial charge in [0.25, 0.3) is 0 Å². The first-order valence-electron chi connectivity index (χ1n) is 9.59. The van der Waals surface area contributed by atoms with E-state index in [-0.39, 0.29) is 11.3 Å². The number of benzene rings is 2. The van der Waals surface area contributed by atoms with E-state index >= 15 is 0 Å². The average Bonchev–Trinajstić information content (AvgIpc) is 3.14. The third-order valence-electron chi connectivity index (χ3n) is 5.95. The Hall–Kier alpha value is -3.17. The van der Waals surface area contributed by atoms with Gasteiger partial charge in [-0.1, -0.05) is 31.2 Å². The second-order valence-corrected chi connectivity index (χ2v) is 9.34. The number of carbonyl (C=O) groups excluding carboxylic acids is 1. The maximum absolute atomic E-state index is 12.6. The number of aromatic nitrogens is 1. The first-order valence-corrected chi connectivity index (χ1v) is 10.5. The molecule has 144 valence electrons. The van der Waals surface area contributed by atoms with Crippen molar-refractivity contribution in [3.63, 3.8) is 0 Å². The van der Waals surface area contributed by atoms with Crippen molar-refractivity contribution in [2.24, 2.45) is 10.8 Å². The summed E-state index contributed by atoms with van der Waals surface area (Å²) in [6.07, 6.45) is 3.03. The molecule has 0 aliphatic heterocycles. The average molecular weight is 401 g/mol. The lowest BCUT2D eigenvalue weighted by Gasteiger charge is -2.68. The Bertz CT molecular complexity index is 1120. The number of carbonyl (C=O) groups is 1. The molecule has 1 aromatic heterocycles. The predicted molar refractivity (Wildman–Crippen MR) is 117 cm³/mol. The third-order valence-corrected chi connectivity index (χ3v) is 6.70. The first kappa shape index (κ1) is 17.9. The third kappa shape index (κ3) is 3.18. The fourth-order valence-corrected chi connectivity index (χ4v) is 5.49. The lowest BCUT2D eigenvalue weighted by molar-refractivity contribution is -0.194. The molecule has 2 N–H and O–H groups in total. The minimum atomic E-state index is -0.132. The molecule has 3 aliphatic carbocycles. The van der Waals surface area contributed by atoms with Crippen LogP contribution < -0.4 is 10.6 Å². The predicted octanol–water partition coefficient (Wildman–Crippen LogP) is 6.23. The molecule has 0 atom stereocenters. The van der Waals surface area contributed by atoms with E-state index in [0.717, 1.165) is 41.9 Å². The van der Waals surface area contributed by atoms with Crippen LogP contribution in [0.3, 0.4) is 0 Å². The topological polar surface area (TPSA) is 58.4 Å². The van der Waals surface area contributed by atoms with Gasteiger partial charge in [-0.25, -0.2) is 9.83 Å². The highest BCUT2D eigenvalue weighted by Crippen LogP contribution is 2.73. The Morgan fingerprint density at radius 2 is 1.90 bits per heavy atom. The van der Waals surface area contributed by atoms with Gasteiger partial charge < -0.3 is 10.6 Å². The molecule has 3 fully saturated rings. The largest absolute Gasteiger partial charge is 0.356 e. The van der Waals surface area contributed by atoms with Crippen LogP contribution in [-0.4, -0.2) is 10.9 Å². The number of nitrogens with one attached hydrogen (secondary N) is 2. The summed E-state index contributed by atoms with van der Waals surface area (Å²) in [5, 5.41) is 9.01. The van der Waals surface area contributed by atoms with E-state index in [1.165, 1.54) is 11.3 Å². The van der Waals surface area contributed by atoms with Crippen molar-refractivity contribution in [3.8, 4) is 11.3 Å². The Morgan fingerprint density at radius 3 is 2.59 bits per heavy atom. The van der Waals surface area contributed by atoms with Crippen molar-refractivity contribution < 1.29 is 4.79 Å². The van der Waals surface area contributed by atoms with Gasteiger partial charge in [-0.15, -0.1) is 11.3 Å². The summed E-state index contributed by atoms with van der Waals surface area (Å²) >= 11 is 1.46. The van der Waals surface area contributed by atoms with Crippen LogP contribution in [0.1, 0.15) is 26.2 Å². The zero-order chi connectivity index (χ0) is 20.1. The van der Waals surface area contributed by atoms with Gasteiger partial charge in [0, 0.05) is 22.3 Å². The van der Waals surface area contributed by atoms with Gasteiger partial charge in [0.1, 0.15) is 0 Å². The van der Waals surface area contributed by atoms with E-state index in [0.29, 0.717) is 16.2 Å². The molecule has 6 heteroatoms. The van der Waals surface area contributed by atoms with Gasteiger partial charge in [0.15, 0.2) is 10.8 Å². The number of amides is 1. The minimum Gasteiger partial charge on any atom is -0.356 e. The number of hydrogen-bond donors (Lipinski definition) is 2. The van der Waals surface area contributed by atoms with Crippen LogP contribution in [0, 0.1) is 17.4 Å². The van der Waals surface area contributed by atoms with Crippen molar-refractivity contribution in [2.75, 3.05) is 10.6 Å². The molecular formula is C23H20N4OS. The van der Waals surface area contributed by atoms with E-state index in [1.54, 1.807) is 12.1 Å². The Morgan fingerprint density at radius 1 is 1.14 bits per heavy atom. The Kier molecular flexibility index (Phi) is 3.97. The van der Waals surface area contributed by atoms with E-state index in [9.17, 15) is 4.79 Å². The van der Waals surface area contributed by atoms with E-state index in [1.807, 2.05) is 41.8 Å². The number of anilines is 3. The minimum absolute atomic E-state index is 0.125. The highest BCUT2D eigenvalue weighted by Gasteiger charge is 2.68. The molecule has 1 heterocycles. The van der Waals surface area contributed by atoms with Crippen LogP contribution in [0.4, 0.5) is 22.2 Å². The van der Waals surface area contributed by atoms with Crippen LogP contribution in [0.25, 0.3) is 16.1 Å². The normalized spacial score (nSPS) is 24.0. The van der Waals surface area contributed by atoms with Crippen molar-refractivity contribution in [3.05, 3.63) is 65.3 Å². The molecule has 29 heavy (non-hydrogen) atoms. The Labute approximate surface area is 173 Å². The SMILES string of the molecule is [C-]#[N+]c1ccc(Nc2cccc(-c3csc(NC(=O)C45CC(C)(C4)C5)n3)c2)cc1. The molecule has 0 radical (unpaired) electrons. The zero-order valence-electron chi connectivity index (χ0n) is 16.0. The lowest BCUT2D eigenvalue weighted by Crippen LogP contribution is -2.65. The summed E-state index contributed by atoms with van der Waals surface area (Å²) in [5.74, 6) is 0.125. The van der Waals surface area contributed by atoms with E-state index in [2.05, 4.69) is 27.4 Å². The number of nitrogens with zero attached hydrogens (tertiary/aromatic N) is 2. The fraction of sp³-hybridized carbons (Fsp3) is 0.261. The lowest BCUT2D eigenvalue weighted by atomic mass is 9.35. The maximum atomic E-state index is 12.6. The van der Waals surface area contributed by atoms with Crippen molar-refractivity contribution in [1.29, 1.82) is 0 Å². The summed E-state index contributed by atoms with van der Waals surface area (Å²) in [6.45, 7) is 9.29. The van der Waals surface area contributed by atoms with Crippen LogP contribution in [0.2, 0.25) is 0 Å². The standard InChI is InChI=1S/C23H20N4OS/c1-22-12-23(13-22,14-22)20(28)27-21-26-19(11-29-21)15-4-3-5-18(10-15)25-17-8-6-16(24-2)7-9-17/h3-11,25H,12-14H2,1H3,(H,26,27,28). The fourth-order valence-electron chi connectivity index (χ4n) is 4.77. The quantitative estimate of drug-likeness (QED) is 0.499. The summed E-state index contributed by atoms with van der Waals surface area (Å²) in [6, 6.07) is 15.4. The molecule has 2 bridgehead atoms. The molecule has 0 saturated heterocycles. The van der Waals surface area contributed by atoms with Crippen LogP contribution in [-0.2, 0) is 4.79 Å². The highest BCUT2D eigenvalue weighted by atomic mass is 32.1. The van der Waals surface area contributed by atoms with Gasteiger partial charge in [-0.3, -0.25) is 4.79 Å². The first-order chi connectivity index (χ1) is 14.0. The summed E-state index contributed by atoms with van der Waals surface area (Å²) < 4.78 is 0. The van der Waals surface area contributed by atoms with Gasteiger partial charge in [0.2, 0.25) is 5.91 Å². The van der Waals surface area contributed by atoms with Crippen molar-refractivity contribution in [2.45, 2.75) is 26.2 Å². The number of hydrogen-bond acceptors (Lipinski definition) is 4. The second-order valence-electron chi connectivity index (χ2n) is 8.48. The summed E-state index contributed by atoms with van der Waals surface area (Å²) in [4.78, 5) is 20.6.